The SMILES string of the molecule is [2H]c1c([2H])c([2H])c(-c2nc(-c3ccc4c(c3)oc3cccc(-c5ccccc5)c34)nc(-n3c4c([2H])c([2H])c([2H])c([2H])c4c4c([2H])c([2H])c5c(sc6c([2H])c([2H])c([2H])c([2H])c65)c43)n2)c([2H])c1[2H]. The smallest absolute Gasteiger partial charge is 0.238 e. The summed E-state index contributed by atoms with van der Waals surface area (Å²) in [6.07, 6.45) is 0. The van der Waals surface area contributed by atoms with Crippen molar-refractivity contribution in [3.63, 3.8) is 0 Å². The zero-order valence-corrected chi connectivity index (χ0v) is 26.8. The number of hydrogen-bond acceptors (Lipinski definition) is 5. The fourth-order valence-corrected chi connectivity index (χ4v) is 7.76. The second kappa shape index (κ2) is 10.9. The molecule has 0 spiro atoms. The molecule has 0 saturated heterocycles. The minimum absolute atomic E-state index is 0.0311. The van der Waals surface area contributed by atoms with E-state index < -0.39 is 102 Å². The highest BCUT2D eigenvalue weighted by molar-refractivity contribution is 7.26. The first-order valence-corrected chi connectivity index (χ1v) is 16.5. The quantitative estimate of drug-likeness (QED) is 0.185. The van der Waals surface area contributed by atoms with Crippen LogP contribution in [0.15, 0.2) is 162 Å². The van der Waals surface area contributed by atoms with Gasteiger partial charge in [-0.2, -0.15) is 9.97 Å². The topological polar surface area (TPSA) is 56.7 Å². The van der Waals surface area contributed by atoms with E-state index >= 15 is 0 Å². The molecule has 0 saturated carbocycles. The standard InChI is InChI=1S/C45H26N4OS/c1-3-12-27(13-4-1)30-18-11-20-37-40(30)35-23-22-29(26-38(35)50-37)44-46-43(28-14-5-2-6-15-28)47-45(48-44)49-36-19-9-7-16-31(36)33-24-25-34-32-17-8-10-21-39(32)51-42(34)41(33)49/h1-26H/i2D,5D,6D,7D,8D,9D,10D,14D,15D,16D,17D,19D,21D,24D,25D. The van der Waals surface area contributed by atoms with Gasteiger partial charge in [-0.1, -0.05) is 127 Å². The second-order valence-electron chi connectivity index (χ2n) is 11.7. The Morgan fingerprint density at radius 3 is 2.20 bits per heavy atom. The number of benzene rings is 7. The van der Waals surface area contributed by atoms with Crippen molar-refractivity contribution < 1.29 is 25.0 Å². The van der Waals surface area contributed by atoms with E-state index in [-0.39, 0.29) is 53.8 Å². The maximum absolute atomic E-state index is 9.41. The van der Waals surface area contributed by atoms with Crippen LogP contribution in [-0.2, 0) is 0 Å². The van der Waals surface area contributed by atoms with Crippen molar-refractivity contribution in [2.45, 2.75) is 0 Å². The first-order valence-electron chi connectivity index (χ1n) is 23.2. The van der Waals surface area contributed by atoms with Gasteiger partial charge in [0.15, 0.2) is 11.6 Å². The van der Waals surface area contributed by atoms with E-state index in [4.69, 9.17) is 35.8 Å². The average molecular weight is 686 g/mol. The first-order chi connectivity index (χ1) is 31.5. The molecule has 4 aromatic heterocycles. The molecule has 7 aromatic carbocycles. The summed E-state index contributed by atoms with van der Waals surface area (Å²) in [6.45, 7) is 0. The van der Waals surface area contributed by atoms with Crippen LogP contribution in [0.25, 0.3) is 104 Å². The molecule has 51 heavy (non-hydrogen) atoms. The summed E-state index contributed by atoms with van der Waals surface area (Å²) in [4.78, 5) is 14.3. The van der Waals surface area contributed by atoms with Crippen LogP contribution in [0.2, 0.25) is 0 Å². The molecule has 0 aliphatic rings. The molecule has 0 amide bonds. The van der Waals surface area contributed by atoms with Gasteiger partial charge in [0.05, 0.1) is 36.3 Å². The maximum atomic E-state index is 9.41. The fourth-order valence-electron chi connectivity index (χ4n) is 6.66. The number of furan rings is 1. The molecule has 0 unspecified atom stereocenters. The highest BCUT2D eigenvalue weighted by Gasteiger charge is 2.22. The largest absolute Gasteiger partial charge is 0.456 e. The molecule has 4 heterocycles. The second-order valence-corrected chi connectivity index (χ2v) is 12.7. The van der Waals surface area contributed by atoms with Crippen molar-refractivity contribution in [3.05, 3.63) is 157 Å². The highest BCUT2D eigenvalue weighted by Crippen LogP contribution is 2.43. The molecule has 0 bridgehead atoms. The molecule has 238 valence electrons. The van der Waals surface area contributed by atoms with Gasteiger partial charge in [-0.05, 0) is 41.4 Å². The van der Waals surface area contributed by atoms with Crippen LogP contribution >= 0.6 is 11.3 Å². The van der Waals surface area contributed by atoms with Gasteiger partial charge in [0, 0.05) is 48.1 Å². The monoisotopic (exact) mass is 685 g/mol. The van der Waals surface area contributed by atoms with Gasteiger partial charge >= 0.3 is 0 Å². The Hall–Kier alpha value is -6.63. The fraction of sp³-hybridized carbons (Fsp3) is 0. The van der Waals surface area contributed by atoms with Gasteiger partial charge in [0.1, 0.15) is 11.2 Å². The maximum Gasteiger partial charge on any atom is 0.238 e. The van der Waals surface area contributed by atoms with Gasteiger partial charge in [0.2, 0.25) is 5.95 Å². The number of aromatic nitrogens is 4. The molecule has 0 atom stereocenters. The Labute approximate surface area is 316 Å². The molecule has 0 fully saturated rings. The Morgan fingerprint density at radius 1 is 0.549 bits per heavy atom. The van der Waals surface area contributed by atoms with E-state index in [1.165, 1.54) is 4.57 Å². The van der Waals surface area contributed by atoms with Crippen molar-refractivity contribution in [2.75, 3.05) is 0 Å². The van der Waals surface area contributed by atoms with Gasteiger partial charge in [0.25, 0.3) is 0 Å². The van der Waals surface area contributed by atoms with Crippen LogP contribution in [-0.4, -0.2) is 19.5 Å². The molecule has 0 aliphatic heterocycles. The summed E-state index contributed by atoms with van der Waals surface area (Å²) in [6, 6.07) is 12.0. The third-order valence-corrected chi connectivity index (χ3v) is 9.96. The number of rotatable bonds is 4. The average Bonchev–Trinajstić information content (AvgIpc) is 4.03. The van der Waals surface area contributed by atoms with Crippen molar-refractivity contribution in [1.82, 2.24) is 19.5 Å². The zero-order valence-electron chi connectivity index (χ0n) is 41.0. The first kappa shape index (κ1) is 17.3. The van der Waals surface area contributed by atoms with Crippen molar-refractivity contribution in [3.8, 4) is 39.9 Å². The Kier molecular flexibility index (Phi) is 3.72. The Balaban J connectivity index is 1.31. The molecule has 0 radical (unpaired) electrons. The molecule has 0 N–H and O–H groups in total. The van der Waals surface area contributed by atoms with Crippen LogP contribution < -0.4 is 0 Å². The summed E-state index contributed by atoms with van der Waals surface area (Å²) < 4.78 is 140. The van der Waals surface area contributed by atoms with Crippen LogP contribution in [0.3, 0.4) is 0 Å². The summed E-state index contributed by atoms with van der Waals surface area (Å²) in [7, 11) is 0. The van der Waals surface area contributed by atoms with E-state index in [2.05, 4.69) is 0 Å². The molecule has 11 rings (SSSR count). The van der Waals surface area contributed by atoms with E-state index in [0.717, 1.165) is 33.2 Å². The van der Waals surface area contributed by atoms with E-state index in [9.17, 15) is 4.11 Å². The van der Waals surface area contributed by atoms with E-state index in [1.807, 2.05) is 54.6 Å². The van der Waals surface area contributed by atoms with Crippen LogP contribution in [0.4, 0.5) is 0 Å². The van der Waals surface area contributed by atoms with Crippen molar-refractivity contribution in [2.24, 2.45) is 0 Å². The molecular formula is C45H26N4OS. The normalized spacial score (nSPS) is 16.0. The number of fused-ring (bicyclic) bond motifs is 10. The number of hydrogen-bond donors (Lipinski definition) is 0. The minimum Gasteiger partial charge on any atom is -0.456 e. The van der Waals surface area contributed by atoms with Crippen LogP contribution in [0, 0.1) is 0 Å². The lowest BCUT2D eigenvalue weighted by molar-refractivity contribution is 0.669. The summed E-state index contributed by atoms with van der Waals surface area (Å²) in [5.74, 6) is -0.897. The molecule has 0 aliphatic carbocycles. The molecule has 5 nitrogen and oxygen atoms in total. The van der Waals surface area contributed by atoms with E-state index in [0.29, 0.717) is 16.7 Å². The Morgan fingerprint density at radius 2 is 1.31 bits per heavy atom. The lowest BCUT2D eigenvalue weighted by Crippen LogP contribution is -2.06. The number of nitrogens with zero attached hydrogens (tertiary/aromatic N) is 4. The minimum atomic E-state index is -0.674. The van der Waals surface area contributed by atoms with Gasteiger partial charge < -0.3 is 4.42 Å². The Bertz CT molecular complexity index is 3990. The van der Waals surface area contributed by atoms with E-state index in [1.54, 1.807) is 12.1 Å². The van der Waals surface area contributed by atoms with Gasteiger partial charge in [-0.25, -0.2) is 4.98 Å². The molecule has 11 aromatic rings. The number of para-hydroxylation sites is 1. The summed E-state index contributed by atoms with van der Waals surface area (Å²) in [5.41, 5.74) is 2.54. The predicted molar refractivity (Wildman–Crippen MR) is 211 cm³/mol. The predicted octanol–water partition coefficient (Wildman–Crippen LogP) is 12.2. The van der Waals surface area contributed by atoms with Crippen molar-refractivity contribution >= 4 is 75.3 Å². The van der Waals surface area contributed by atoms with Crippen molar-refractivity contribution in [1.29, 1.82) is 0 Å². The highest BCUT2D eigenvalue weighted by atomic mass is 32.1. The summed E-state index contributed by atoms with van der Waals surface area (Å²) in [5, 5.41) is 1.21. The van der Waals surface area contributed by atoms with Gasteiger partial charge in [-0.15, -0.1) is 11.3 Å². The zero-order chi connectivity index (χ0) is 46.5. The van der Waals surface area contributed by atoms with Gasteiger partial charge in [-0.3, -0.25) is 4.57 Å². The third-order valence-electron chi connectivity index (χ3n) is 8.85. The third kappa shape index (κ3) is 4.30. The van der Waals surface area contributed by atoms with Crippen LogP contribution in [0.1, 0.15) is 20.6 Å². The lowest BCUT2D eigenvalue weighted by Gasteiger charge is -2.11. The summed E-state index contributed by atoms with van der Waals surface area (Å²) >= 11 is 0.871. The van der Waals surface area contributed by atoms with Crippen LogP contribution in [0.5, 0.6) is 0 Å². The lowest BCUT2D eigenvalue weighted by atomic mass is 9.99. The molecular weight excluding hydrogens is 645 g/mol. The molecule has 6 heteroatoms. The number of thiophene rings is 1.